The van der Waals surface area contributed by atoms with E-state index in [9.17, 15) is 4.79 Å². The monoisotopic (exact) mass is 513 g/mol. The number of carbonyl (C=O) groups is 1. The SMILES string of the molecule is CCNC(=NCC1CC(=O)Nc2ccccc21)NCCc1ncc(CC)s1.I. The molecule has 2 aromatic rings. The van der Waals surface area contributed by atoms with Crippen molar-refractivity contribution in [2.75, 3.05) is 25.0 Å². The quantitative estimate of drug-likeness (QED) is 0.301. The topological polar surface area (TPSA) is 78.4 Å². The lowest BCUT2D eigenvalue weighted by Crippen LogP contribution is -2.38. The van der Waals surface area contributed by atoms with Gasteiger partial charge in [0, 0.05) is 48.6 Å². The van der Waals surface area contributed by atoms with Crippen LogP contribution in [0.4, 0.5) is 5.69 Å². The Balaban J connectivity index is 0.00000280. The van der Waals surface area contributed by atoms with Gasteiger partial charge in [-0.05, 0) is 25.0 Å². The first-order chi connectivity index (χ1) is 13.2. The molecular formula is C20H28IN5OS. The van der Waals surface area contributed by atoms with E-state index in [1.165, 1.54) is 4.88 Å². The van der Waals surface area contributed by atoms with E-state index < -0.39 is 0 Å². The second-order valence-corrected chi connectivity index (χ2v) is 7.71. The number of nitrogens with zero attached hydrogens (tertiary/aromatic N) is 2. The molecule has 0 spiro atoms. The predicted octanol–water partition coefficient (Wildman–Crippen LogP) is 3.55. The van der Waals surface area contributed by atoms with Crippen molar-refractivity contribution in [1.82, 2.24) is 15.6 Å². The Bertz CT molecular complexity index is 807. The molecule has 8 heteroatoms. The van der Waals surface area contributed by atoms with Gasteiger partial charge in [-0.25, -0.2) is 4.98 Å². The van der Waals surface area contributed by atoms with Crippen LogP contribution in [0.2, 0.25) is 0 Å². The number of aryl methyl sites for hydroxylation is 1. The van der Waals surface area contributed by atoms with Crippen LogP contribution in [-0.4, -0.2) is 36.5 Å². The lowest BCUT2D eigenvalue weighted by Gasteiger charge is -2.24. The van der Waals surface area contributed by atoms with Gasteiger partial charge in [0.1, 0.15) is 0 Å². The highest BCUT2D eigenvalue weighted by Crippen LogP contribution is 2.31. The maximum atomic E-state index is 12.0. The maximum absolute atomic E-state index is 12.0. The third kappa shape index (κ3) is 6.16. The molecule has 28 heavy (non-hydrogen) atoms. The fourth-order valence-corrected chi connectivity index (χ4v) is 3.98. The number of guanidine groups is 1. The number of thiazole rings is 1. The minimum Gasteiger partial charge on any atom is -0.357 e. The molecule has 0 saturated heterocycles. The van der Waals surface area contributed by atoms with E-state index in [1.807, 2.05) is 24.4 Å². The van der Waals surface area contributed by atoms with E-state index in [0.29, 0.717) is 13.0 Å². The number of para-hydroxylation sites is 1. The molecular weight excluding hydrogens is 485 g/mol. The largest absolute Gasteiger partial charge is 0.357 e. The van der Waals surface area contributed by atoms with Crippen molar-refractivity contribution in [2.24, 2.45) is 4.99 Å². The van der Waals surface area contributed by atoms with Gasteiger partial charge in [-0.3, -0.25) is 9.79 Å². The molecule has 0 radical (unpaired) electrons. The summed E-state index contributed by atoms with van der Waals surface area (Å²) in [5.74, 6) is 0.951. The Labute approximate surface area is 187 Å². The molecule has 0 bridgehead atoms. The van der Waals surface area contributed by atoms with Crippen molar-refractivity contribution in [3.8, 4) is 0 Å². The highest BCUT2D eigenvalue weighted by molar-refractivity contribution is 14.0. The smallest absolute Gasteiger partial charge is 0.225 e. The lowest BCUT2D eigenvalue weighted by atomic mass is 9.91. The first-order valence-corrected chi connectivity index (χ1v) is 10.4. The standard InChI is InChI=1S/C20H27N5OS.HI/c1-3-15-13-23-19(27-15)9-10-22-20(21-4-2)24-12-14-11-18(26)25-17-8-6-5-7-16(14)17;/h5-8,13-14H,3-4,9-12H2,1-2H3,(H,25,26)(H2,21,22,24);1H. The molecule has 1 amide bonds. The number of hydrogen-bond donors (Lipinski definition) is 3. The highest BCUT2D eigenvalue weighted by atomic mass is 127. The molecule has 3 rings (SSSR count). The second-order valence-electron chi connectivity index (χ2n) is 6.51. The summed E-state index contributed by atoms with van der Waals surface area (Å²) in [6.45, 7) is 6.36. The number of halogens is 1. The summed E-state index contributed by atoms with van der Waals surface area (Å²) < 4.78 is 0. The van der Waals surface area contributed by atoms with Crippen LogP contribution in [-0.2, 0) is 17.6 Å². The van der Waals surface area contributed by atoms with Crippen LogP contribution in [0.3, 0.4) is 0 Å². The molecule has 1 atom stereocenters. The Morgan fingerprint density at radius 3 is 2.89 bits per heavy atom. The normalized spacial score (nSPS) is 16.0. The molecule has 2 heterocycles. The number of hydrogen-bond acceptors (Lipinski definition) is 4. The zero-order chi connectivity index (χ0) is 19.1. The highest BCUT2D eigenvalue weighted by Gasteiger charge is 2.24. The number of rotatable bonds is 7. The van der Waals surface area contributed by atoms with Crippen LogP contribution in [0.15, 0.2) is 35.5 Å². The van der Waals surface area contributed by atoms with Crippen molar-refractivity contribution in [3.05, 3.63) is 45.9 Å². The third-order valence-corrected chi connectivity index (χ3v) is 5.70. The summed E-state index contributed by atoms with van der Waals surface area (Å²) >= 11 is 1.77. The first kappa shape index (κ1) is 22.6. The average molecular weight is 513 g/mol. The predicted molar refractivity (Wildman–Crippen MR) is 127 cm³/mol. The summed E-state index contributed by atoms with van der Waals surface area (Å²) in [7, 11) is 0. The van der Waals surface area contributed by atoms with Crippen molar-refractivity contribution in [2.45, 2.75) is 39.0 Å². The molecule has 1 aliphatic rings. The molecule has 0 aliphatic carbocycles. The van der Waals surface area contributed by atoms with E-state index in [-0.39, 0.29) is 35.8 Å². The van der Waals surface area contributed by atoms with Gasteiger partial charge in [0.15, 0.2) is 5.96 Å². The lowest BCUT2D eigenvalue weighted by molar-refractivity contribution is -0.116. The maximum Gasteiger partial charge on any atom is 0.225 e. The molecule has 0 fully saturated rings. The number of nitrogens with one attached hydrogen (secondary N) is 3. The van der Waals surface area contributed by atoms with Crippen molar-refractivity contribution >= 4 is 52.9 Å². The van der Waals surface area contributed by atoms with E-state index >= 15 is 0 Å². The molecule has 0 saturated carbocycles. The Morgan fingerprint density at radius 1 is 1.32 bits per heavy atom. The minimum atomic E-state index is 0. The van der Waals surface area contributed by atoms with Crippen molar-refractivity contribution in [3.63, 3.8) is 0 Å². The number of benzene rings is 1. The molecule has 1 aromatic carbocycles. The van der Waals surface area contributed by atoms with E-state index in [1.54, 1.807) is 11.3 Å². The second kappa shape index (κ2) is 11.4. The zero-order valence-corrected chi connectivity index (χ0v) is 19.5. The Kier molecular flexibility index (Phi) is 9.17. The minimum absolute atomic E-state index is 0. The van der Waals surface area contributed by atoms with Gasteiger partial charge < -0.3 is 16.0 Å². The van der Waals surface area contributed by atoms with Gasteiger partial charge in [0.25, 0.3) is 0 Å². The number of amides is 1. The molecule has 6 nitrogen and oxygen atoms in total. The van der Waals surface area contributed by atoms with E-state index in [4.69, 9.17) is 4.99 Å². The van der Waals surface area contributed by atoms with Crippen LogP contribution in [0.1, 0.15) is 41.6 Å². The van der Waals surface area contributed by atoms with Gasteiger partial charge in [-0.15, -0.1) is 35.3 Å². The number of carbonyl (C=O) groups excluding carboxylic acids is 1. The number of aromatic nitrogens is 1. The van der Waals surface area contributed by atoms with E-state index in [0.717, 1.165) is 48.1 Å². The van der Waals surface area contributed by atoms with Gasteiger partial charge in [-0.2, -0.15) is 0 Å². The van der Waals surface area contributed by atoms with Crippen LogP contribution in [0, 0.1) is 0 Å². The summed E-state index contributed by atoms with van der Waals surface area (Å²) in [5, 5.41) is 10.7. The van der Waals surface area contributed by atoms with Gasteiger partial charge in [-0.1, -0.05) is 25.1 Å². The summed E-state index contributed by atoms with van der Waals surface area (Å²) in [5.41, 5.74) is 2.06. The first-order valence-electron chi connectivity index (χ1n) is 9.54. The Hall–Kier alpha value is -1.68. The van der Waals surface area contributed by atoms with Crippen LogP contribution < -0.4 is 16.0 Å². The van der Waals surface area contributed by atoms with Gasteiger partial charge in [0.05, 0.1) is 11.6 Å². The molecule has 1 aliphatic heterocycles. The van der Waals surface area contributed by atoms with Gasteiger partial charge in [0.2, 0.25) is 5.91 Å². The molecule has 1 unspecified atom stereocenters. The molecule has 1 aromatic heterocycles. The fourth-order valence-electron chi connectivity index (χ4n) is 3.12. The Morgan fingerprint density at radius 2 is 2.14 bits per heavy atom. The van der Waals surface area contributed by atoms with E-state index in [2.05, 4.69) is 40.8 Å². The van der Waals surface area contributed by atoms with Crippen LogP contribution in [0.5, 0.6) is 0 Å². The van der Waals surface area contributed by atoms with Crippen molar-refractivity contribution < 1.29 is 4.79 Å². The summed E-state index contributed by atoms with van der Waals surface area (Å²) in [6.07, 6.45) is 4.35. The molecule has 152 valence electrons. The number of fused-ring (bicyclic) bond motifs is 1. The number of aliphatic imine (C=N–C) groups is 1. The average Bonchev–Trinajstić information content (AvgIpc) is 3.13. The summed E-state index contributed by atoms with van der Waals surface area (Å²) in [4.78, 5) is 22.5. The summed E-state index contributed by atoms with van der Waals surface area (Å²) in [6, 6.07) is 7.97. The third-order valence-electron chi connectivity index (χ3n) is 4.50. The fraction of sp³-hybridized carbons (Fsp3) is 0.450. The number of anilines is 1. The van der Waals surface area contributed by atoms with Crippen LogP contribution >= 0.6 is 35.3 Å². The zero-order valence-electron chi connectivity index (χ0n) is 16.3. The van der Waals surface area contributed by atoms with Crippen LogP contribution in [0.25, 0.3) is 0 Å². The van der Waals surface area contributed by atoms with Crippen molar-refractivity contribution in [1.29, 1.82) is 0 Å². The molecule has 3 N–H and O–H groups in total. The van der Waals surface area contributed by atoms with Gasteiger partial charge >= 0.3 is 0 Å².